The Morgan fingerprint density at radius 3 is 2.61 bits per heavy atom. The maximum atomic E-state index is 13.2. The lowest BCUT2D eigenvalue weighted by Gasteiger charge is -2.15. The van der Waals surface area contributed by atoms with E-state index in [1.807, 2.05) is 0 Å². The molecule has 0 saturated heterocycles. The van der Waals surface area contributed by atoms with Crippen LogP contribution in [0.1, 0.15) is 26.4 Å². The van der Waals surface area contributed by atoms with Crippen LogP contribution < -0.4 is 10.2 Å². The van der Waals surface area contributed by atoms with Crippen molar-refractivity contribution in [3.05, 3.63) is 89.5 Å². The first kappa shape index (κ1) is 17.5. The first-order chi connectivity index (χ1) is 13.5. The number of halogens is 1. The zero-order valence-corrected chi connectivity index (χ0v) is 14.6. The molecule has 1 aromatic heterocycles. The minimum absolute atomic E-state index is 0.00107. The Labute approximate surface area is 159 Å². The minimum Gasteiger partial charge on any atom is -0.326 e. The number of rotatable bonds is 4. The number of hydrogen-bond donors (Lipinski definition) is 1. The number of nitrogens with zero attached hydrogens (tertiary/aromatic N) is 2. The standard InChI is InChI=1S/C21H14FN3O3/c22-14-5-1-4-13(10-14)11-18(26)24-15-6-2-7-16(12-15)25-20(27)17-8-3-9-23-19(17)21(25)28/h1-10,12H,11H2,(H,24,26). The van der Waals surface area contributed by atoms with Crippen molar-refractivity contribution in [1.82, 2.24) is 4.98 Å². The second kappa shape index (κ2) is 7.03. The highest BCUT2D eigenvalue weighted by Crippen LogP contribution is 2.28. The maximum absolute atomic E-state index is 13.2. The first-order valence-electron chi connectivity index (χ1n) is 8.51. The Kier molecular flexibility index (Phi) is 4.41. The molecule has 28 heavy (non-hydrogen) atoms. The third-order valence-corrected chi connectivity index (χ3v) is 4.29. The predicted molar refractivity (Wildman–Crippen MR) is 101 cm³/mol. The second-order valence-electron chi connectivity index (χ2n) is 6.25. The van der Waals surface area contributed by atoms with Gasteiger partial charge in [0.05, 0.1) is 17.7 Å². The van der Waals surface area contributed by atoms with Crippen LogP contribution >= 0.6 is 0 Å². The van der Waals surface area contributed by atoms with E-state index in [4.69, 9.17) is 0 Å². The number of amides is 3. The Hall–Kier alpha value is -3.87. The van der Waals surface area contributed by atoms with Crippen LogP contribution in [0.5, 0.6) is 0 Å². The van der Waals surface area contributed by atoms with Gasteiger partial charge in [-0.15, -0.1) is 0 Å². The van der Waals surface area contributed by atoms with E-state index in [0.717, 1.165) is 4.90 Å². The van der Waals surface area contributed by atoms with Crippen molar-refractivity contribution in [2.45, 2.75) is 6.42 Å². The average Bonchev–Trinajstić information content (AvgIpc) is 2.93. The molecule has 0 fully saturated rings. The lowest BCUT2D eigenvalue weighted by molar-refractivity contribution is -0.115. The lowest BCUT2D eigenvalue weighted by atomic mass is 10.1. The van der Waals surface area contributed by atoms with Crippen LogP contribution in [0.3, 0.4) is 0 Å². The number of benzene rings is 2. The molecule has 1 aliphatic heterocycles. The summed E-state index contributed by atoms with van der Waals surface area (Å²) in [7, 11) is 0. The summed E-state index contributed by atoms with van der Waals surface area (Å²) < 4.78 is 13.2. The Morgan fingerprint density at radius 1 is 1.00 bits per heavy atom. The summed E-state index contributed by atoms with van der Waals surface area (Å²) in [6.07, 6.45) is 1.45. The van der Waals surface area contributed by atoms with Crippen LogP contribution in [0.15, 0.2) is 66.9 Å². The smallest absolute Gasteiger partial charge is 0.284 e. The van der Waals surface area contributed by atoms with E-state index in [2.05, 4.69) is 10.3 Å². The molecule has 0 bridgehead atoms. The van der Waals surface area contributed by atoms with Crippen molar-refractivity contribution in [2.24, 2.45) is 0 Å². The van der Waals surface area contributed by atoms with Crippen molar-refractivity contribution < 1.29 is 18.8 Å². The number of imide groups is 1. The third-order valence-electron chi connectivity index (χ3n) is 4.29. The minimum atomic E-state index is -0.510. The molecule has 0 atom stereocenters. The van der Waals surface area contributed by atoms with Crippen molar-refractivity contribution in [1.29, 1.82) is 0 Å². The van der Waals surface area contributed by atoms with E-state index in [1.165, 1.54) is 30.5 Å². The first-order valence-corrected chi connectivity index (χ1v) is 8.51. The zero-order chi connectivity index (χ0) is 19.7. The van der Waals surface area contributed by atoms with E-state index in [9.17, 15) is 18.8 Å². The predicted octanol–water partition coefficient (Wildman–Crippen LogP) is 3.20. The van der Waals surface area contributed by atoms with E-state index < -0.39 is 17.6 Å². The van der Waals surface area contributed by atoms with Gasteiger partial charge in [-0.2, -0.15) is 0 Å². The molecule has 0 saturated carbocycles. The lowest BCUT2D eigenvalue weighted by Crippen LogP contribution is -2.29. The van der Waals surface area contributed by atoms with Crippen LogP contribution in [0, 0.1) is 5.82 Å². The van der Waals surface area contributed by atoms with Crippen LogP contribution in [0.4, 0.5) is 15.8 Å². The second-order valence-corrected chi connectivity index (χ2v) is 6.25. The summed E-state index contributed by atoms with van der Waals surface area (Å²) >= 11 is 0. The highest BCUT2D eigenvalue weighted by atomic mass is 19.1. The number of anilines is 2. The highest BCUT2D eigenvalue weighted by molar-refractivity contribution is 6.33. The van der Waals surface area contributed by atoms with Gasteiger partial charge in [-0.1, -0.05) is 18.2 Å². The molecule has 2 heterocycles. The SMILES string of the molecule is O=C(Cc1cccc(F)c1)Nc1cccc(N2C(=O)c3cccnc3C2=O)c1. The third kappa shape index (κ3) is 3.25. The normalized spacial score (nSPS) is 12.8. The quantitative estimate of drug-likeness (QED) is 0.710. The number of pyridine rings is 1. The topological polar surface area (TPSA) is 79.4 Å². The fourth-order valence-electron chi connectivity index (χ4n) is 3.06. The molecule has 2 aromatic carbocycles. The van der Waals surface area contributed by atoms with Gasteiger partial charge in [0.2, 0.25) is 5.91 Å². The monoisotopic (exact) mass is 375 g/mol. The number of aromatic nitrogens is 1. The number of hydrogen-bond acceptors (Lipinski definition) is 4. The van der Waals surface area contributed by atoms with Crippen LogP contribution in [-0.2, 0) is 11.2 Å². The maximum Gasteiger partial charge on any atom is 0.284 e. The van der Waals surface area contributed by atoms with Crippen molar-refractivity contribution >= 4 is 29.1 Å². The van der Waals surface area contributed by atoms with Gasteiger partial charge in [-0.05, 0) is 48.0 Å². The molecule has 1 aliphatic rings. The fraction of sp³-hybridized carbons (Fsp3) is 0.0476. The van der Waals surface area contributed by atoms with Gasteiger partial charge in [0.25, 0.3) is 11.8 Å². The summed E-state index contributed by atoms with van der Waals surface area (Å²) in [4.78, 5) is 42.3. The molecule has 4 rings (SSSR count). The van der Waals surface area contributed by atoms with Gasteiger partial charge in [-0.25, -0.2) is 9.29 Å². The summed E-state index contributed by atoms with van der Waals surface area (Å²) in [6.45, 7) is 0. The molecule has 0 spiro atoms. The molecular weight excluding hydrogens is 361 g/mol. The van der Waals surface area contributed by atoms with Crippen molar-refractivity contribution in [3.8, 4) is 0 Å². The van der Waals surface area contributed by atoms with E-state index >= 15 is 0 Å². The Balaban J connectivity index is 1.53. The van der Waals surface area contributed by atoms with Gasteiger partial charge in [0.1, 0.15) is 11.5 Å². The summed E-state index contributed by atoms with van der Waals surface area (Å²) in [5.74, 6) is -1.72. The molecule has 6 nitrogen and oxygen atoms in total. The van der Waals surface area contributed by atoms with Gasteiger partial charge in [0.15, 0.2) is 0 Å². The molecular formula is C21H14FN3O3. The van der Waals surface area contributed by atoms with Gasteiger partial charge in [-0.3, -0.25) is 19.4 Å². The average molecular weight is 375 g/mol. The van der Waals surface area contributed by atoms with Gasteiger partial charge in [0, 0.05) is 11.9 Å². The fourth-order valence-corrected chi connectivity index (χ4v) is 3.06. The molecule has 1 N–H and O–H groups in total. The van der Waals surface area contributed by atoms with E-state index in [-0.39, 0.29) is 23.6 Å². The summed E-state index contributed by atoms with van der Waals surface area (Å²) in [5, 5.41) is 2.70. The highest BCUT2D eigenvalue weighted by Gasteiger charge is 2.37. The van der Waals surface area contributed by atoms with Gasteiger partial charge >= 0.3 is 0 Å². The van der Waals surface area contributed by atoms with Crippen LogP contribution in [0.25, 0.3) is 0 Å². The van der Waals surface area contributed by atoms with Gasteiger partial charge < -0.3 is 5.32 Å². The molecule has 3 amide bonds. The zero-order valence-electron chi connectivity index (χ0n) is 14.6. The Morgan fingerprint density at radius 2 is 1.82 bits per heavy atom. The molecule has 7 heteroatoms. The number of carbonyl (C=O) groups is 3. The molecule has 0 aliphatic carbocycles. The Bertz CT molecular complexity index is 1080. The summed E-state index contributed by atoms with van der Waals surface area (Å²) in [6, 6.07) is 15.3. The van der Waals surface area contributed by atoms with E-state index in [1.54, 1.807) is 36.4 Å². The molecule has 138 valence electrons. The summed E-state index contributed by atoms with van der Waals surface area (Å²) in [5.41, 5.74) is 1.64. The molecule has 0 unspecified atom stereocenters. The molecule has 0 radical (unpaired) electrons. The number of fused-ring (bicyclic) bond motifs is 1. The van der Waals surface area contributed by atoms with Crippen molar-refractivity contribution in [3.63, 3.8) is 0 Å². The number of carbonyl (C=O) groups excluding carboxylic acids is 3. The van der Waals surface area contributed by atoms with Crippen LogP contribution in [-0.4, -0.2) is 22.7 Å². The molecule has 3 aromatic rings. The van der Waals surface area contributed by atoms with E-state index in [0.29, 0.717) is 16.9 Å². The number of nitrogens with one attached hydrogen (secondary N) is 1. The largest absolute Gasteiger partial charge is 0.326 e. The van der Waals surface area contributed by atoms with Crippen LogP contribution in [0.2, 0.25) is 0 Å². The van der Waals surface area contributed by atoms with Crippen molar-refractivity contribution in [2.75, 3.05) is 10.2 Å².